The van der Waals surface area contributed by atoms with Gasteiger partial charge in [0.15, 0.2) is 5.75 Å². The van der Waals surface area contributed by atoms with Crippen molar-refractivity contribution >= 4 is 23.0 Å². The molecule has 0 saturated carbocycles. The molecule has 25 heavy (non-hydrogen) atoms. The SMILES string of the molecule is C=C[C@@H]1CC(=O)Nc2cccc(-c3ccc(NC)c(C(C)=N)c3)c2O1. The minimum absolute atomic E-state index is 0.0950. The number of carbonyl (C=O) groups excluding carboxylic acids is 1. The number of nitrogens with one attached hydrogen (secondary N) is 3. The van der Waals surface area contributed by atoms with Crippen molar-refractivity contribution in [1.29, 1.82) is 5.41 Å². The van der Waals surface area contributed by atoms with Gasteiger partial charge in [0.05, 0.1) is 12.1 Å². The van der Waals surface area contributed by atoms with Gasteiger partial charge in [0.1, 0.15) is 6.10 Å². The van der Waals surface area contributed by atoms with Gasteiger partial charge in [-0.2, -0.15) is 0 Å². The number of hydrogen-bond donors (Lipinski definition) is 3. The van der Waals surface area contributed by atoms with Crippen LogP contribution in [-0.2, 0) is 4.79 Å². The van der Waals surface area contributed by atoms with Crippen molar-refractivity contribution < 1.29 is 9.53 Å². The van der Waals surface area contributed by atoms with Gasteiger partial charge < -0.3 is 20.8 Å². The molecule has 1 aliphatic rings. The highest BCUT2D eigenvalue weighted by atomic mass is 16.5. The van der Waals surface area contributed by atoms with E-state index in [1.165, 1.54) is 0 Å². The van der Waals surface area contributed by atoms with Crippen LogP contribution >= 0.6 is 0 Å². The molecule has 0 fully saturated rings. The zero-order valence-electron chi connectivity index (χ0n) is 14.3. The Morgan fingerprint density at radius 3 is 2.88 bits per heavy atom. The molecule has 1 atom stereocenters. The molecule has 2 aromatic rings. The molecule has 1 aliphatic heterocycles. The highest BCUT2D eigenvalue weighted by Gasteiger charge is 2.23. The first-order valence-corrected chi connectivity index (χ1v) is 8.13. The van der Waals surface area contributed by atoms with Gasteiger partial charge in [-0.05, 0) is 30.7 Å². The van der Waals surface area contributed by atoms with Crippen molar-refractivity contribution in [3.05, 3.63) is 54.6 Å². The highest BCUT2D eigenvalue weighted by Crippen LogP contribution is 2.40. The van der Waals surface area contributed by atoms with Gasteiger partial charge in [-0.15, -0.1) is 0 Å². The molecule has 2 aromatic carbocycles. The molecule has 128 valence electrons. The first-order valence-electron chi connectivity index (χ1n) is 8.13. The normalized spacial score (nSPS) is 16.1. The second-order valence-corrected chi connectivity index (χ2v) is 5.96. The number of carbonyl (C=O) groups is 1. The van der Waals surface area contributed by atoms with Gasteiger partial charge in [0, 0.05) is 29.6 Å². The van der Waals surface area contributed by atoms with Crippen molar-refractivity contribution in [2.24, 2.45) is 0 Å². The summed E-state index contributed by atoms with van der Waals surface area (Å²) in [4.78, 5) is 12.0. The van der Waals surface area contributed by atoms with E-state index in [2.05, 4.69) is 17.2 Å². The van der Waals surface area contributed by atoms with E-state index in [4.69, 9.17) is 10.1 Å². The zero-order valence-corrected chi connectivity index (χ0v) is 14.3. The predicted molar refractivity (Wildman–Crippen MR) is 102 cm³/mol. The molecule has 5 heteroatoms. The summed E-state index contributed by atoms with van der Waals surface area (Å²) in [5.74, 6) is 0.534. The topological polar surface area (TPSA) is 74.2 Å². The summed E-state index contributed by atoms with van der Waals surface area (Å²) in [6.07, 6.45) is 1.51. The Labute approximate surface area is 147 Å². The van der Waals surface area contributed by atoms with E-state index < -0.39 is 0 Å². The fourth-order valence-corrected chi connectivity index (χ4v) is 2.94. The van der Waals surface area contributed by atoms with Crippen molar-refractivity contribution in [3.8, 4) is 16.9 Å². The molecule has 3 rings (SSSR count). The first kappa shape index (κ1) is 16.8. The van der Waals surface area contributed by atoms with Crippen LogP contribution < -0.4 is 15.4 Å². The summed E-state index contributed by atoms with van der Waals surface area (Å²) in [7, 11) is 1.84. The highest BCUT2D eigenvalue weighted by molar-refractivity contribution is 6.03. The Balaban J connectivity index is 2.15. The van der Waals surface area contributed by atoms with E-state index in [1.807, 2.05) is 43.4 Å². The molecule has 0 unspecified atom stereocenters. The van der Waals surface area contributed by atoms with Crippen LogP contribution in [0.2, 0.25) is 0 Å². The number of para-hydroxylation sites is 1. The van der Waals surface area contributed by atoms with Gasteiger partial charge in [0.2, 0.25) is 5.91 Å². The predicted octanol–water partition coefficient (Wildman–Crippen LogP) is 4.06. The summed E-state index contributed by atoms with van der Waals surface area (Å²) in [5.41, 5.74) is 4.66. The summed E-state index contributed by atoms with van der Waals surface area (Å²) in [6, 6.07) is 11.5. The smallest absolute Gasteiger partial charge is 0.228 e. The standard InChI is InChI=1S/C20H21N3O2/c1-4-14-11-19(24)23-18-7-5-6-15(20(18)25-14)13-8-9-17(22-3)16(10-13)12(2)21/h4-10,14,21-22H,1,11H2,2-3H3,(H,23,24)/t14-/m1/s1. The Hall–Kier alpha value is -3.08. The van der Waals surface area contributed by atoms with Gasteiger partial charge in [0.25, 0.3) is 0 Å². The number of ether oxygens (including phenoxy) is 1. The average molecular weight is 335 g/mol. The van der Waals surface area contributed by atoms with Crippen LogP contribution in [0.3, 0.4) is 0 Å². The molecule has 0 spiro atoms. The lowest BCUT2D eigenvalue weighted by atomic mass is 9.98. The molecule has 1 amide bonds. The largest absolute Gasteiger partial charge is 0.483 e. The maximum Gasteiger partial charge on any atom is 0.228 e. The third-order valence-electron chi connectivity index (χ3n) is 4.21. The summed E-state index contributed by atoms with van der Waals surface area (Å²) in [6.45, 7) is 5.51. The number of anilines is 2. The van der Waals surface area contributed by atoms with Crippen LogP contribution in [0.4, 0.5) is 11.4 Å². The van der Waals surface area contributed by atoms with Crippen LogP contribution in [0.25, 0.3) is 11.1 Å². The average Bonchev–Trinajstić information content (AvgIpc) is 2.78. The summed E-state index contributed by atoms with van der Waals surface area (Å²) >= 11 is 0. The Morgan fingerprint density at radius 1 is 1.40 bits per heavy atom. The molecule has 0 aromatic heterocycles. The van der Waals surface area contributed by atoms with E-state index in [0.717, 1.165) is 22.4 Å². The molecule has 0 bridgehead atoms. The maximum atomic E-state index is 12.0. The molecule has 0 radical (unpaired) electrons. The van der Waals surface area contributed by atoms with Crippen molar-refractivity contribution in [1.82, 2.24) is 0 Å². The lowest BCUT2D eigenvalue weighted by Gasteiger charge is -2.17. The van der Waals surface area contributed by atoms with E-state index >= 15 is 0 Å². The maximum absolute atomic E-state index is 12.0. The Bertz CT molecular complexity index is 858. The second kappa shape index (κ2) is 6.81. The Kier molecular flexibility index (Phi) is 4.57. The van der Waals surface area contributed by atoms with Gasteiger partial charge in [-0.1, -0.05) is 30.9 Å². The van der Waals surface area contributed by atoms with Crippen molar-refractivity contribution in [3.63, 3.8) is 0 Å². The third-order valence-corrected chi connectivity index (χ3v) is 4.21. The van der Waals surface area contributed by atoms with E-state index in [-0.39, 0.29) is 18.4 Å². The minimum Gasteiger partial charge on any atom is -0.483 e. The molecule has 0 aliphatic carbocycles. The fraction of sp³-hybridized carbons (Fsp3) is 0.200. The van der Waals surface area contributed by atoms with E-state index in [1.54, 1.807) is 13.0 Å². The van der Waals surface area contributed by atoms with Crippen LogP contribution in [0.1, 0.15) is 18.9 Å². The van der Waals surface area contributed by atoms with Crippen LogP contribution in [0, 0.1) is 5.41 Å². The van der Waals surface area contributed by atoms with Crippen LogP contribution in [-0.4, -0.2) is 24.8 Å². The summed E-state index contributed by atoms with van der Waals surface area (Å²) < 4.78 is 6.05. The van der Waals surface area contributed by atoms with Gasteiger partial charge >= 0.3 is 0 Å². The number of amides is 1. The molecule has 5 nitrogen and oxygen atoms in total. The fourth-order valence-electron chi connectivity index (χ4n) is 2.94. The number of hydrogen-bond acceptors (Lipinski definition) is 4. The Morgan fingerprint density at radius 2 is 2.20 bits per heavy atom. The molecular formula is C20H21N3O2. The van der Waals surface area contributed by atoms with Crippen molar-refractivity contribution in [2.75, 3.05) is 17.7 Å². The quantitative estimate of drug-likeness (QED) is 0.583. The number of fused-ring (bicyclic) bond motifs is 1. The summed E-state index contributed by atoms with van der Waals surface area (Å²) in [5, 5.41) is 14.0. The lowest BCUT2D eigenvalue weighted by molar-refractivity contribution is -0.117. The minimum atomic E-state index is -0.372. The van der Waals surface area contributed by atoms with E-state index in [0.29, 0.717) is 17.1 Å². The molecule has 1 heterocycles. The molecule has 0 saturated heterocycles. The molecular weight excluding hydrogens is 314 g/mol. The zero-order chi connectivity index (χ0) is 18.0. The van der Waals surface area contributed by atoms with Crippen molar-refractivity contribution in [2.45, 2.75) is 19.4 Å². The van der Waals surface area contributed by atoms with E-state index in [9.17, 15) is 4.79 Å². The van der Waals surface area contributed by atoms with Crippen LogP contribution in [0.5, 0.6) is 5.75 Å². The second-order valence-electron chi connectivity index (χ2n) is 5.96. The first-order chi connectivity index (χ1) is 12.0. The number of rotatable bonds is 4. The molecule has 3 N–H and O–H groups in total. The third kappa shape index (κ3) is 3.26. The lowest BCUT2D eigenvalue weighted by Crippen LogP contribution is -2.18. The van der Waals surface area contributed by atoms with Gasteiger partial charge in [-0.3, -0.25) is 4.79 Å². The monoisotopic (exact) mass is 335 g/mol. The van der Waals surface area contributed by atoms with Gasteiger partial charge in [-0.25, -0.2) is 0 Å². The van der Waals surface area contributed by atoms with Crippen LogP contribution in [0.15, 0.2) is 49.1 Å². The number of benzene rings is 2.